The molecular weight excluding hydrogens is 226 g/mol. The Morgan fingerprint density at radius 3 is 2.83 bits per heavy atom. The monoisotopic (exact) mass is 249 g/mol. The quantitative estimate of drug-likeness (QED) is 0.830. The molecule has 1 heterocycles. The molecule has 1 aliphatic carbocycles. The van der Waals surface area contributed by atoms with Gasteiger partial charge >= 0.3 is 0 Å². The Kier molecular flexibility index (Phi) is 4.17. The van der Waals surface area contributed by atoms with E-state index in [1.54, 1.807) is 4.68 Å². The van der Waals surface area contributed by atoms with E-state index in [2.05, 4.69) is 5.10 Å². The first-order chi connectivity index (χ1) is 8.58. The van der Waals surface area contributed by atoms with Gasteiger partial charge in [0, 0.05) is 31.1 Å². The van der Waals surface area contributed by atoms with E-state index in [4.69, 9.17) is 5.73 Å². The lowest BCUT2D eigenvalue weighted by molar-refractivity contribution is -0.123. The van der Waals surface area contributed by atoms with Crippen LogP contribution in [0.15, 0.2) is 6.07 Å². The summed E-state index contributed by atoms with van der Waals surface area (Å²) >= 11 is 0. The van der Waals surface area contributed by atoms with Crippen LogP contribution < -0.4 is 5.73 Å². The predicted octanol–water partition coefficient (Wildman–Crippen LogP) is 1.75. The van der Waals surface area contributed by atoms with Gasteiger partial charge in [-0.05, 0) is 25.8 Å². The van der Waals surface area contributed by atoms with Crippen LogP contribution in [0.4, 0.5) is 0 Å². The molecule has 18 heavy (non-hydrogen) atoms. The molecule has 4 heteroatoms. The summed E-state index contributed by atoms with van der Waals surface area (Å²) in [7, 11) is 1.89. The van der Waals surface area contributed by atoms with E-state index >= 15 is 0 Å². The van der Waals surface area contributed by atoms with Crippen molar-refractivity contribution >= 4 is 5.78 Å². The highest BCUT2D eigenvalue weighted by Crippen LogP contribution is 2.24. The fraction of sp³-hybridized carbons (Fsp3) is 0.714. The summed E-state index contributed by atoms with van der Waals surface area (Å²) in [5, 5.41) is 4.28. The number of aryl methyl sites for hydroxylation is 2. The lowest BCUT2D eigenvalue weighted by Gasteiger charge is -2.19. The van der Waals surface area contributed by atoms with Crippen molar-refractivity contribution in [1.29, 1.82) is 0 Å². The van der Waals surface area contributed by atoms with Gasteiger partial charge in [-0.3, -0.25) is 9.48 Å². The van der Waals surface area contributed by atoms with Gasteiger partial charge < -0.3 is 5.73 Å². The molecule has 1 aliphatic rings. The summed E-state index contributed by atoms with van der Waals surface area (Å²) in [5.41, 5.74) is 8.09. The Bertz CT molecular complexity index is 425. The third-order valence-electron chi connectivity index (χ3n) is 3.94. The molecule has 0 aliphatic heterocycles. The number of carbonyl (C=O) groups excluding carboxylic acids is 1. The van der Waals surface area contributed by atoms with Gasteiger partial charge in [0.2, 0.25) is 0 Å². The van der Waals surface area contributed by atoms with Crippen molar-refractivity contribution in [3.8, 4) is 0 Å². The highest BCUT2D eigenvalue weighted by molar-refractivity contribution is 5.83. The minimum absolute atomic E-state index is 0.0442. The maximum atomic E-state index is 12.4. The third-order valence-corrected chi connectivity index (χ3v) is 3.94. The SMILES string of the molecule is Cc1cc(CC(=O)C2CCCCCC2N)n(C)n1. The molecule has 0 aromatic carbocycles. The molecule has 1 aromatic heterocycles. The number of rotatable bonds is 3. The number of aromatic nitrogens is 2. The van der Waals surface area contributed by atoms with Gasteiger partial charge in [-0.1, -0.05) is 19.3 Å². The summed E-state index contributed by atoms with van der Waals surface area (Å²) < 4.78 is 1.80. The molecule has 1 aromatic rings. The van der Waals surface area contributed by atoms with Crippen molar-refractivity contribution in [2.45, 2.75) is 51.5 Å². The van der Waals surface area contributed by atoms with Gasteiger partial charge in [-0.25, -0.2) is 0 Å². The number of Topliss-reactive ketones (excluding diaryl/α,β-unsaturated/α-hetero) is 1. The van der Waals surface area contributed by atoms with Crippen LogP contribution >= 0.6 is 0 Å². The largest absolute Gasteiger partial charge is 0.327 e. The lowest BCUT2D eigenvalue weighted by atomic mass is 9.89. The van der Waals surface area contributed by atoms with E-state index in [0.29, 0.717) is 6.42 Å². The van der Waals surface area contributed by atoms with Crippen LogP contribution in [-0.4, -0.2) is 21.6 Å². The molecule has 0 radical (unpaired) electrons. The van der Waals surface area contributed by atoms with E-state index in [0.717, 1.165) is 37.1 Å². The molecule has 2 N–H and O–H groups in total. The molecule has 2 atom stereocenters. The van der Waals surface area contributed by atoms with Crippen molar-refractivity contribution < 1.29 is 4.79 Å². The summed E-state index contributed by atoms with van der Waals surface area (Å²) in [4.78, 5) is 12.4. The van der Waals surface area contributed by atoms with E-state index in [-0.39, 0.29) is 17.7 Å². The molecule has 1 fully saturated rings. The molecule has 0 bridgehead atoms. The lowest BCUT2D eigenvalue weighted by Crippen LogP contribution is -2.35. The topological polar surface area (TPSA) is 60.9 Å². The second-order valence-electron chi connectivity index (χ2n) is 5.45. The zero-order chi connectivity index (χ0) is 13.1. The number of nitrogens with zero attached hydrogens (tertiary/aromatic N) is 2. The minimum Gasteiger partial charge on any atom is -0.327 e. The highest BCUT2D eigenvalue weighted by atomic mass is 16.1. The number of carbonyl (C=O) groups is 1. The van der Waals surface area contributed by atoms with Gasteiger partial charge in [0.25, 0.3) is 0 Å². The van der Waals surface area contributed by atoms with Crippen molar-refractivity contribution in [2.24, 2.45) is 18.7 Å². The number of ketones is 1. The predicted molar refractivity (Wildman–Crippen MR) is 71.2 cm³/mol. The number of nitrogens with two attached hydrogens (primary N) is 1. The summed E-state index contributed by atoms with van der Waals surface area (Å²) in [6.07, 6.45) is 5.92. The first kappa shape index (κ1) is 13.3. The molecule has 100 valence electrons. The molecule has 2 rings (SSSR count). The molecule has 1 saturated carbocycles. The zero-order valence-electron chi connectivity index (χ0n) is 11.4. The van der Waals surface area contributed by atoms with E-state index in [1.807, 2.05) is 20.0 Å². The summed E-state index contributed by atoms with van der Waals surface area (Å²) in [6, 6.07) is 2.04. The molecular formula is C14H23N3O. The Morgan fingerprint density at radius 2 is 2.17 bits per heavy atom. The Labute approximate surface area is 109 Å². The van der Waals surface area contributed by atoms with E-state index < -0.39 is 0 Å². The molecule has 0 saturated heterocycles. The van der Waals surface area contributed by atoms with Gasteiger partial charge in [0.1, 0.15) is 5.78 Å². The van der Waals surface area contributed by atoms with Crippen LogP contribution in [0, 0.1) is 12.8 Å². The first-order valence-corrected chi connectivity index (χ1v) is 6.85. The normalized spacial score (nSPS) is 24.8. The van der Waals surface area contributed by atoms with Gasteiger partial charge in [0.05, 0.1) is 5.69 Å². The van der Waals surface area contributed by atoms with Crippen LogP contribution in [0.2, 0.25) is 0 Å². The molecule has 0 amide bonds. The second-order valence-corrected chi connectivity index (χ2v) is 5.45. The van der Waals surface area contributed by atoms with Crippen molar-refractivity contribution in [1.82, 2.24) is 9.78 Å². The second kappa shape index (κ2) is 5.65. The average Bonchev–Trinajstić information content (AvgIpc) is 2.52. The smallest absolute Gasteiger partial charge is 0.143 e. The van der Waals surface area contributed by atoms with Crippen molar-refractivity contribution in [3.05, 3.63) is 17.5 Å². The van der Waals surface area contributed by atoms with E-state index in [9.17, 15) is 4.79 Å². The molecule has 2 unspecified atom stereocenters. The highest BCUT2D eigenvalue weighted by Gasteiger charge is 2.27. The Balaban J connectivity index is 2.04. The van der Waals surface area contributed by atoms with Crippen LogP contribution in [0.5, 0.6) is 0 Å². The molecule has 4 nitrogen and oxygen atoms in total. The van der Waals surface area contributed by atoms with Crippen LogP contribution in [-0.2, 0) is 18.3 Å². The first-order valence-electron chi connectivity index (χ1n) is 6.85. The Morgan fingerprint density at radius 1 is 1.44 bits per heavy atom. The van der Waals surface area contributed by atoms with Crippen molar-refractivity contribution in [2.75, 3.05) is 0 Å². The summed E-state index contributed by atoms with van der Waals surface area (Å²) in [6.45, 7) is 1.95. The molecule has 0 spiro atoms. The fourth-order valence-corrected chi connectivity index (χ4v) is 2.88. The van der Waals surface area contributed by atoms with Crippen LogP contribution in [0.1, 0.15) is 43.5 Å². The van der Waals surface area contributed by atoms with E-state index in [1.165, 1.54) is 6.42 Å². The van der Waals surface area contributed by atoms with Crippen molar-refractivity contribution in [3.63, 3.8) is 0 Å². The van der Waals surface area contributed by atoms with Crippen LogP contribution in [0.25, 0.3) is 0 Å². The number of hydrogen-bond acceptors (Lipinski definition) is 3. The minimum atomic E-state index is 0.0442. The van der Waals surface area contributed by atoms with Gasteiger partial charge in [-0.15, -0.1) is 0 Å². The zero-order valence-corrected chi connectivity index (χ0v) is 11.4. The standard InChI is InChI=1S/C14H23N3O/c1-10-8-11(17(2)16-10)9-14(18)12-6-4-3-5-7-13(12)15/h8,12-13H,3-7,9,15H2,1-2H3. The van der Waals surface area contributed by atoms with Crippen LogP contribution in [0.3, 0.4) is 0 Å². The average molecular weight is 249 g/mol. The van der Waals surface area contributed by atoms with Gasteiger partial charge in [-0.2, -0.15) is 5.10 Å². The maximum absolute atomic E-state index is 12.4. The number of hydrogen-bond donors (Lipinski definition) is 1. The van der Waals surface area contributed by atoms with Gasteiger partial charge in [0.15, 0.2) is 0 Å². The fourth-order valence-electron chi connectivity index (χ4n) is 2.88. The third kappa shape index (κ3) is 2.99. The Hall–Kier alpha value is -1.16. The maximum Gasteiger partial charge on any atom is 0.143 e. The summed E-state index contributed by atoms with van der Waals surface area (Å²) in [5.74, 6) is 0.329.